The fourth-order valence-corrected chi connectivity index (χ4v) is 1.47. The second-order valence-corrected chi connectivity index (χ2v) is 5.51. The van der Waals surface area contributed by atoms with Crippen molar-refractivity contribution < 1.29 is 9.18 Å². The molecule has 1 amide bonds. The summed E-state index contributed by atoms with van der Waals surface area (Å²) in [6, 6.07) is 4.19. The van der Waals surface area contributed by atoms with Crippen molar-refractivity contribution in [2.45, 2.75) is 32.7 Å². The van der Waals surface area contributed by atoms with E-state index in [1.807, 2.05) is 20.8 Å². The van der Waals surface area contributed by atoms with Gasteiger partial charge in [0.2, 0.25) is 5.91 Å². The molecule has 0 aliphatic heterocycles. The zero-order chi connectivity index (χ0) is 13.8. The molecule has 0 radical (unpaired) electrons. The minimum atomic E-state index is -0.540. The summed E-state index contributed by atoms with van der Waals surface area (Å²) < 4.78 is 13.1. The monoisotopic (exact) mass is 272 g/mol. The van der Waals surface area contributed by atoms with Gasteiger partial charge in [0.1, 0.15) is 5.82 Å². The van der Waals surface area contributed by atoms with E-state index in [-0.39, 0.29) is 16.5 Å². The Balaban J connectivity index is 2.42. The van der Waals surface area contributed by atoms with Crippen LogP contribution in [-0.4, -0.2) is 18.0 Å². The third kappa shape index (κ3) is 5.47. The summed E-state index contributed by atoms with van der Waals surface area (Å²) >= 11 is 5.55. The van der Waals surface area contributed by atoms with Crippen molar-refractivity contribution in [1.29, 1.82) is 0 Å². The van der Waals surface area contributed by atoms with Gasteiger partial charge < -0.3 is 10.6 Å². The first kappa shape index (κ1) is 14.9. The lowest BCUT2D eigenvalue weighted by molar-refractivity contribution is -0.116. The summed E-state index contributed by atoms with van der Waals surface area (Å²) in [5.41, 5.74) is 0.393. The standard InChI is InChI=1S/C13H18ClFN2O/c1-13(2,3)16-7-6-12(18)17-9-4-5-10(14)11(15)8-9/h4-5,8,16H,6-7H2,1-3H3,(H,17,18). The number of amides is 1. The lowest BCUT2D eigenvalue weighted by Gasteiger charge is -2.20. The average molecular weight is 273 g/mol. The van der Waals surface area contributed by atoms with E-state index in [0.29, 0.717) is 18.7 Å². The second kappa shape index (κ2) is 6.16. The maximum atomic E-state index is 13.1. The molecule has 0 bridgehead atoms. The van der Waals surface area contributed by atoms with Gasteiger partial charge in [0.05, 0.1) is 5.02 Å². The molecule has 3 nitrogen and oxygen atoms in total. The molecule has 0 saturated heterocycles. The van der Waals surface area contributed by atoms with Crippen molar-refractivity contribution in [1.82, 2.24) is 5.32 Å². The van der Waals surface area contributed by atoms with Crippen molar-refractivity contribution in [3.8, 4) is 0 Å². The van der Waals surface area contributed by atoms with Crippen LogP contribution in [-0.2, 0) is 4.79 Å². The highest BCUT2D eigenvalue weighted by Crippen LogP contribution is 2.18. The normalized spacial score (nSPS) is 11.4. The summed E-state index contributed by atoms with van der Waals surface area (Å²) in [5.74, 6) is -0.698. The third-order valence-electron chi connectivity index (χ3n) is 2.21. The highest BCUT2D eigenvalue weighted by atomic mass is 35.5. The molecule has 1 rings (SSSR count). The molecule has 100 valence electrons. The molecule has 0 heterocycles. The van der Waals surface area contributed by atoms with Crippen molar-refractivity contribution in [2.24, 2.45) is 0 Å². The van der Waals surface area contributed by atoms with Crippen LogP contribution in [0.3, 0.4) is 0 Å². The van der Waals surface area contributed by atoms with Gasteiger partial charge in [-0.2, -0.15) is 0 Å². The topological polar surface area (TPSA) is 41.1 Å². The lowest BCUT2D eigenvalue weighted by atomic mass is 10.1. The molecule has 5 heteroatoms. The van der Waals surface area contributed by atoms with Gasteiger partial charge in [0, 0.05) is 24.2 Å². The van der Waals surface area contributed by atoms with Crippen molar-refractivity contribution in [3.63, 3.8) is 0 Å². The van der Waals surface area contributed by atoms with Crippen molar-refractivity contribution >= 4 is 23.2 Å². The Morgan fingerprint density at radius 3 is 2.61 bits per heavy atom. The van der Waals surface area contributed by atoms with Gasteiger partial charge in [-0.25, -0.2) is 4.39 Å². The maximum absolute atomic E-state index is 13.1. The average Bonchev–Trinajstić information content (AvgIpc) is 2.21. The molecular weight excluding hydrogens is 255 g/mol. The number of nitrogens with one attached hydrogen (secondary N) is 2. The molecule has 0 aliphatic carbocycles. The number of halogens is 2. The van der Waals surface area contributed by atoms with E-state index in [1.54, 1.807) is 6.07 Å². The van der Waals surface area contributed by atoms with E-state index in [2.05, 4.69) is 10.6 Å². The SMILES string of the molecule is CC(C)(C)NCCC(=O)Nc1ccc(Cl)c(F)c1. The number of carbonyl (C=O) groups excluding carboxylic acids is 1. The molecule has 0 unspecified atom stereocenters. The number of hydrogen-bond acceptors (Lipinski definition) is 2. The molecular formula is C13H18ClFN2O. The summed E-state index contributed by atoms with van der Waals surface area (Å²) in [4.78, 5) is 11.6. The fourth-order valence-electron chi connectivity index (χ4n) is 1.35. The Morgan fingerprint density at radius 1 is 1.39 bits per heavy atom. The lowest BCUT2D eigenvalue weighted by Crippen LogP contribution is -2.37. The molecule has 2 N–H and O–H groups in total. The quantitative estimate of drug-likeness (QED) is 0.884. The molecule has 0 aliphatic rings. The Kier molecular flexibility index (Phi) is 5.11. The van der Waals surface area contributed by atoms with E-state index >= 15 is 0 Å². The molecule has 0 aromatic heterocycles. The van der Waals surface area contributed by atoms with Crippen LogP contribution in [0.25, 0.3) is 0 Å². The first-order chi connectivity index (χ1) is 8.28. The number of carbonyl (C=O) groups is 1. The summed E-state index contributed by atoms with van der Waals surface area (Å²) in [6.07, 6.45) is 0.335. The Labute approximate surface area is 112 Å². The fraction of sp³-hybridized carbons (Fsp3) is 0.462. The van der Waals surface area contributed by atoms with Gasteiger partial charge >= 0.3 is 0 Å². The predicted molar refractivity (Wildman–Crippen MR) is 72.4 cm³/mol. The molecule has 0 spiro atoms. The van der Waals surface area contributed by atoms with Crippen LogP contribution >= 0.6 is 11.6 Å². The maximum Gasteiger partial charge on any atom is 0.225 e. The minimum absolute atomic E-state index is 0.0212. The van der Waals surface area contributed by atoms with Crippen LogP contribution in [0.4, 0.5) is 10.1 Å². The van der Waals surface area contributed by atoms with Crippen LogP contribution in [0.5, 0.6) is 0 Å². The number of benzene rings is 1. The molecule has 18 heavy (non-hydrogen) atoms. The number of anilines is 1. The van der Waals surface area contributed by atoms with Gasteiger partial charge in [-0.05, 0) is 39.0 Å². The highest BCUT2D eigenvalue weighted by molar-refractivity contribution is 6.30. The van der Waals surface area contributed by atoms with Gasteiger partial charge in [-0.15, -0.1) is 0 Å². The van der Waals surface area contributed by atoms with E-state index < -0.39 is 5.82 Å². The highest BCUT2D eigenvalue weighted by Gasteiger charge is 2.10. The van der Waals surface area contributed by atoms with Gasteiger partial charge in [0.25, 0.3) is 0 Å². The molecule has 0 saturated carbocycles. The minimum Gasteiger partial charge on any atom is -0.326 e. The van der Waals surface area contributed by atoms with E-state index in [9.17, 15) is 9.18 Å². The number of rotatable bonds is 4. The summed E-state index contributed by atoms with van der Waals surface area (Å²) in [6.45, 7) is 6.66. The van der Waals surface area contributed by atoms with Crippen LogP contribution < -0.4 is 10.6 Å². The zero-order valence-electron chi connectivity index (χ0n) is 10.8. The van der Waals surface area contributed by atoms with Crippen LogP contribution in [0, 0.1) is 5.82 Å². The van der Waals surface area contributed by atoms with Gasteiger partial charge in [0.15, 0.2) is 0 Å². The first-order valence-corrected chi connectivity index (χ1v) is 6.16. The van der Waals surface area contributed by atoms with E-state index in [4.69, 9.17) is 11.6 Å². The molecule has 0 atom stereocenters. The van der Waals surface area contributed by atoms with Gasteiger partial charge in [-0.3, -0.25) is 4.79 Å². The van der Waals surface area contributed by atoms with Gasteiger partial charge in [-0.1, -0.05) is 11.6 Å². The molecule has 1 aromatic rings. The predicted octanol–water partition coefficient (Wildman–Crippen LogP) is 3.20. The van der Waals surface area contributed by atoms with Crippen LogP contribution in [0.1, 0.15) is 27.2 Å². The van der Waals surface area contributed by atoms with Crippen LogP contribution in [0.15, 0.2) is 18.2 Å². The first-order valence-electron chi connectivity index (χ1n) is 5.78. The Hall–Kier alpha value is -1.13. The zero-order valence-corrected chi connectivity index (χ0v) is 11.6. The third-order valence-corrected chi connectivity index (χ3v) is 2.52. The summed E-state index contributed by atoms with van der Waals surface area (Å²) in [7, 11) is 0. The second-order valence-electron chi connectivity index (χ2n) is 5.10. The Bertz CT molecular complexity index is 429. The number of hydrogen-bond donors (Lipinski definition) is 2. The largest absolute Gasteiger partial charge is 0.326 e. The van der Waals surface area contributed by atoms with E-state index in [0.717, 1.165) is 0 Å². The van der Waals surface area contributed by atoms with Crippen molar-refractivity contribution in [2.75, 3.05) is 11.9 Å². The summed E-state index contributed by atoms with van der Waals surface area (Å²) in [5, 5.41) is 5.87. The van der Waals surface area contributed by atoms with Crippen LogP contribution in [0.2, 0.25) is 5.02 Å². The molecule has 1 aromatic carbocycles. The Morgan fingerprint density at radius 2 is 2.06 bits per heavy atom. The van der Waals surface area contributed by atoms with E-state index in [1.165, 1.54) is 12.1 Å². The molecule has 0 fully saturated rings. The van der Waals surface area contributed by atoms with Crippen molar-refractivity contribution in [3.05, 3.63) is 29.0 Å². The smallest absolute Gasteiger partial charge is 0.225 e.